The summed E-state index contributed by atoms with van der Waals surface area (Å²) < 4.78 is 6.51. The highest BCUT2D eigenvalue weighted by Crippen LogP contribution is 2.30. The smallest absolute Gasteiger partial charge is 0.358 e. The van der Waals surface area contributed by atoms with Crippen molar-refractivity contribution in [1.29, 1.82) is 0 Å². The normalized spacial score (nSPS) is 21.0. The Morgan fingerprint density at radius 1 is 1.18 bits per heavy atom. The number of esters is 1. The molecule has 2 aliphatic rings. The Bertz CT molecular complexity index is 1060. The number of amides is 2. The highest BCUT2D eigenvalue weighted by Gasteiger charge is 2.48. The van der Waals surface area contributed by atoms with Crippen molar-refractivity contribution in [3.8, 4) is 0 Å². The van der Waals surface area contributed by atoms with Crippen LogP contribution in [0.4, 0.5) is 0 Å². The third-order valence-corrected chi connectivity index (χ3v) is 6.97. The van der Waals surface area contributed by atoms with Crippen molar-refractivity contribution in [2.24, 2.45) is 0 Å². The first-order chi connectivity index (χ1) is 16.3. The summed E-state index contributed by atoms with van der Waals surface area (Å²) in [7, 11) is 0. The molecule has 1 aromatic heterocycles. The number of benzene rings is 1. The van der Waals surface area contributed by atoms with Crippen LogP contribution in [-0.4, -0.2) is 50.7 Å². The fraction of sp³-hybridized carbons (Fsp3) is 0.520. The molecule has 0 saturated heterocycles. The molecule has 1 aliphatic carbocycles. The van der Waals surface area contributed by atoms with Gasteiger partial charge in [0.2, 0.25) is 5.91 Å². The first-order valence-electron chi connectivity index (χ1n) is 11.9. The van der Waals surface area contributed by atoms with Crippen molar-refractivity contribution in [3.63, 3.8) is 0 Å². The van der Waals surface area contributed by atoms with Crippen molar-refractivity contribution in [2.45, 2.75) is 77.0 Å². The molecular formula is C25H31ClN4O4. The van der Waals surface area contributed by atoms with Crippen LogP contribution in [0, 0.1) is 0 Å². The van der Waals surface area contributed by atoms with Crippen LogP contribution >= 0.6 is 11.6 Å². The highest BCUT2D eigenvalue weighted by atomic mass is 35.5. The van der Waals surface area contributed by atoms with Crippen molar-refractivity contribution in [2.75, 3.05) is 6.61 Å². The maximum Gasteiger partial charge on any atom is 0.358 e. The van der Waals surface area contributed by atoms with Gasteiger partial charge in [0.25, 0.3) is 5.91 Å². The number of nitrogens with one attached hydrogen (secondary N) is 1. The number of carbonyl (C=O) groups is 3. The van der Waals surface area contributed by atoms with Gasteiger partial charge in [-0.15, -0.1) is 0 Å². The largest absolute Gasteiger partial charge is 0.461 e. The minimum Gasteiger partial charge on any atom is -0.461 e. The zero-order valence-electron chi connectivity index (χ0n) is 19.7. The van der Waals surface area contributed by atoms with Gasteiger partial charge in [-0.1, -0.05) is 49.4 Å². The molecule has 1 saturated carbocycles. The second-order valence-electron chi connectivity index (χ2n) is 9.25. The Morgan fingerprint density at radius 2 is 1.85 bits per heavy atom. The Hall–Kier alpha value is -2.87. The molecule has 4 rings (SSSR count). The van der Waals surface area contributed by atoms with E-state index in [2.05, 4.69) is 10.4 Å². The van der Waals surface area contributed by atoms with E-state index in [0.29, 0.717) is 5.02 Å². The Balaban J connectivity index is 1.67. The molecular weight excluding hydrogens is 456 g/mol. The average Bonchev–Trinajstić information content (AvgIpc) is 3.07. The van der Waals surface area contributed by atoms with Crippen molar-refractivity contribution in [3.05, 3.63) is 52.3 Å². The van der Waals surface area contributed by atoms with Crippen LogP contribution in [0.15, 0.2) is 30.3 Å². The lowest BCUT2D eigenvalue weighted by molar-refractivity contribution is -0.134. The van der Waals surface area contributed by atoms with Crippen LogP contribution in [0.2, 0.25) is 5.02 Å². The summed E-state index contributed by atoms with van der Waals surface area (Å²) >= 11 is 6.04. The standard InChI is InChI=1S/C25H31ClN4O4/c1-3-34-23(32)20-14-21-22(31)29(15-17-10-12-18(26)13-11-17)25(2,16-30(21)28-20)24(33)27-19-8-6-4-5-7-9-19/h10-14,19H,3-9,15-16H2,1-2H3,(H,27,33). The van der Waals surface area contributed by atoms with Crippen LogP contribution in [0.3, 0.4) is 0 Å². The number of rotatable bonds is 6. The molecule has 182 valence electrons. The second kappa shape index (κ2) is 10.2. The Morgan fingerprint density at radius 3 is 2.50 bits per heavy atom. The molecule has 1 unspecified atom stereocenters. The summed E-state index contributed by atoms with van der Waals surface area (Å²) in [6.07, 6.45) is 6.40. The van der Waals surface area contributed by atoms with Gasteiger partial charge in [-0.2, -0.15) is 5.10 Å². The van der Waals surface area contributed by atoms with Crippen LogP contribution < -0.4 is 5.32 Å². The second-order valence-corrected chi connectivity index (χ2v) is 9.68. The average molecular weight is 487 g/mol. The Labute approximate surface area is 204 Å². The van der Waals surface area contributed by atoms with Crippen LogP contribution in [0.5, 0.6) is 0 Å². The molecule has 8 nitrogen and oxygen atoms in total. The van der Waals surface area contributed by atoms with E-state index in [-0.39, 0.29) is 48.9 Å². The minimum absolute atomic E-state index is 0.0602. The van der Waals surface area contributed by atoms with Gasteiger partial charge in [-0.25, -0.2) is 4.79 Å². The first-order valence-corrected chi connectivity index (χ1v) is 12.3. The van der Waals surface area contributed by atoms with Crippen LogP contribution in [0.1, 0.15) is 78.9 Å². The van der Waals surface area contributed by atoms with E-state index < -0.39 is 11.5 Å². The van der Waals surface area contributed by atoms with Gasteiger partial charge in [0, 0.05) is 23.7 Å². The molecule has 1 aromatic carbocycles. The van der Waals surface area contributed by atoms with E-state index in [9.17, 15) is 14.4 Å². The molecule has 9 heteroatoms. The number of carbonyl (C=O) groups excluding carboxylic acids is 3. The molecule has 2 amide bonds. The van der Waals surface area contributed by atoms with E-state index in [1.807, 2.05) is 12.1 Å². The van der Waals surface area contributed by atoms with Crippen LogP contribution in [-0.2, 0) is 22.6 Å². The quantitative estimate of drug-likeness (QED) is 0.492. The number of hydrogen-bond acceptors (Lipinski definition) is 5. The summed E-state index contributed by atoms with van der Waals surface area (Å²) in [5, 5.41) is 8.12. The van der Waals surface area contributed by atoms with E-state index in [4.69, 9.17) is 16.3 Å². The molecule has 0 radical (unpaired) electrons. The lowest BCUT2D eigenvalue weighted by Crippen LogP contribution is -2.64. The highest BCUT2D eigenvalue weighted by molar-refractivity contribution is 6.30. The first kappa shape index (κ1) is 24.3. The van der Waals surface area contributed by atoms with Gasteiger partial charge < -0.3 is 15.0 Å². The van der Waals surface area contributed by atoms with Crippen molar-refractivity contribution < 1.29 is 19.1 Å². The number of aromatic nitrogens is 2. The van der Waals surface area contributed by atoms with Gasteiger partial charge in [0.1, 0.15) is 11.2 Å². The lowest BCUT2D eigenvalue weighted by atomic mass is 9.93. The monoisotopic (exact) mass is 486 g/mol. The number of nitrogens with zero attached hydrogens (tertiary/aromatic N) is 3. The fourth-order valence-electron chi connectivity index (χ4n) is 4.73. The molecule has 1 aliphatic heterocycles. The molecule has 34 heavy (non-hydrogen) atoms. The molecule has 2 heterocycles. The van der Waals surface area contributed by atoms with Gasteiger partial charge in [0.15, 0.2) is 5.69 Å². The maximum atomic E-state index is 13.7. The van der Waals surface area contributed by atoms with Crippen LogP contribution in [0.25, 0.3) is 0 Å². The molecule has 1 N–H and O–H groups in total. The van der Waals surface area contributed by atoms with Crippen molar-refractivity contribution in [1.82, 2.24) is 20.0 Å². The summed E-state index contributed by atoms with van der Waals surface area (Å²) in [4.78, 5) is 41.2. The van der Waals surface area contributed by atoms with Gasteiger partial charge in [-0.3, -0.25) is 14.3 Å². The molecule has 2 aromatic rings. The number of halogens is 1. The van der Waals surface area contributed by atoms with Gasteiger partial charge >= 0.3 is 5.97 Å². The van der Waals surface area contributed by atoms with E-state index in [0.717, 1.165) is 31.2 Å². The number of ether oxygens (including phenoxy) is 1. The zero-order chi connectivity index (χ0) is 24.3. The van der Waals surface area contributed by atoms with Crippen molar-refractivity contribution >= 4 is 29.4 Å². The SMILES string of the molecule is CCOC(=O)c1cc2n(n1)CC(C)(C(=O)NC1CCCCCC1)N(Cc1ccc(Cl)cc1)C2=O. The predicted molar refractivity (Wildman–Crippen MR) is 128 cm³/mol. The molecule has 0 spiro atoms. The lowest BCUT2D eigenvalue weighted by Gasteiger charge is -2.44. The topological polar surface area (TPSA) is 93.5 Å². The van der Waals surface area contributed by atoms with Gasteiger partial charge in [0.05, 0.1) is 13.2 Å². The van der Waals surface area contributed by atoms with E-state index >= 15 is 0 Å². The predicted octanol–water partition coefficient (Wildman–Crippen LogP) is 3.97. The third-order valence-electron chi connectivity index (χ3n) is 6.72. The maximum absolute atomic E-state index is 13.7. The Kier molecular flexibility index (Phi) is 7.26. The molecule has 1 atom stereocenters. The minimum atomic E-state index is -1.19. The summed E-state index contributed by atoms with van der Waals surface area (Å²) in [5.74, 6) is -1.16. The molecule has 1 fully saturated rings. The van der Waals surface area contributed by atoms with E-state index in [1.165, 1.54) is 23.6 Å². The molecule has 0 bridgehead atoms. The fourth-order valence-corrected chi connectivity index (χ4v) is 4.86. The van der Waals surface area contributed by atoms with E-state index in [1.54, 1.807) is 30.9 Å². The summed E-state index contributed by atoms with van der Waals surface area (Å²) in [6.45, 7) is 4.05. The number of hydrogen-bond donors (Lipinski definition) is 1. The summed E-state index contributed by atoms with van der Waals surface area (Å²) in [5.41, 5.74) is -0.0137. The third kappa shape index (κ3) is 4.97. The van der Waals surface area contributed by atoms with Gasteiger partial charge in [-0.05, 0) is 44.4 Å². The zero-order valence-corrected chi connectivity index (χ0v) is 20.4. The summed E-state index contributed by atoms with van der Waals surface area (Å²) in [6, 6.07) is 8.74. The number of fused-ring (bicyclic) bond motifs is 1.